The minimum atomic E-state index is -1.08. The van der Waals surface area contributed by atoms with E-state index in [1.54, 1.807) is 0 Å². The van der Waals surface area contributed by atoms with E-state index in [0.29, 0.717) is 11.3 Å². The molecule has 8 heteroatoms. The van der Waals surface area contributed by atoms with Gasteiger partial charge in [-0.3, -0.25) is 9.59 Å². The summed E-state index contributed by atoms with van der Waals surface area (Å²) >= 11 is 1.28. The topological polar surface area (TPSA) is 108 Å². The van der Waals surface area contributed by atoms with Crippen LogP contribution in [0.2, 0.25) is 0 Å². The van der Waals surface area contributed by atoms with Crippen molar-refractivity contribution in [3.05, 3.63) is 16.1 Å². The number of aromatic nitrogens is 1. The molecular formula is C15H23N3O4S. The van der Waals surface area contributed by atoms with E-state index in [2.05, 4.69) is 15.6 Å². The molecule has 0 fully saturated rings. The van der Waals surface area contributed by atoms with Crippen LogP contribution in [0.15, 0.2) is 6.20 Å². The van der Waals surface area contributed by atoms with Gasteiger partial charge in [0.2, 0.25) is 5.91 Å². The summed E-state index contributed by atoms with van der Waals surface area (Å²) in [5.74, 6) is -1.63. The van der Waals surface area contributed by atoms with E-state index in [1.165, 1.54) is 17.5 Å². The molecule has 0 radical (unpaired) electrons. The molecule has 0 unspecified atom stereocenters. The Balaban J connectivity index is 2.50. The highest BCUT2D eigenvalue weighted by Crippen LogP contribution is 2.20. The first-order valence-electron chi connectivity index (χ1n) is 7.46. The van der Waals surface area contributed by atoms with Crippen LogP contribution < -0.4 is 10.6 Å². The summed E-state index contributed by atoms with van der Waals surface area (Å²) in [6, 6.07) is -0.949. The van der Waals surface area contributed by atoms with Crippen LogP contribution in [0.25, 0.3) is 0 Å². The molecule has 0 aliphatic carbocycles. The van der Waals surface area contributed by atoms with Crippen LogP contribution in [0, 0.1) is 5.92 Å². The fourth-order valence-electron chi connectivity index (χ4n) is 1.85. The quantitative estimate of drug-likeness (QED) is 0.666. The van der Waals surface area contributed by atoms with Gasteiger partial charge in [0.05, 0.1) is 17.7 Å². The maximum Gasteiger partial charge on any atom is 0.326 e. The van der Waals surface area contributed by atoms with E-state index in [1.807, 2.05) is 27.7 Å². The summed E-state index contributed by atoms with van der Waals surface area (Å²) in [4.78, 5) is 39.4. The van der Waals surface area contributed by atoms with Gasteiger partial charge in [0.1, 0.15) is 10.9 Å². The van der Waals surface area contributed by atoms with Crippen molar-refractivity contribution in [1.29, 1.82) is 0 Å². The van der Waals surface area contributed by atoms with Gasteiger partial charge in [-0.25, -0.2) is 9.78 Å². The Kier molecular flexibility index (Phi) is 7.15. The van der Waals surface area contributed by atoms with Gasteiger partial charge in [0.25, 0.3) is 5.91 Å². The van der Waals surface area contributed by atoms with Crippen LogP contribution in [0.4, 0.5) is 0 Å². The number of nitrogens with one attached hydrogen (secondary N) is 2. The molecule has 1 rings (SSSR count). The normalized spacial score (nSPS) is 12.3. The van der Waals surface area contributed by atoms with E-state index in [4.69, 9.17) is 5.11 Å². The lowest BCUT2D eigenvalue weighted by Gasteiger charge is -2.16. The molecule has 1 heterocycles. The van der Waals surface area contributed by atoms with Crippen molar-refractivity contribution >= 4 is 29.1 Å². The van der Waals surface area contributed by atoms with Gasteiger partial charge in [0.15, 0.2) is 0 Å². The first-order valence-corrected chi connectivity index (χ1v) is 8.28. The number of carbonyl (C=O) groups is 3. The highest BCUT2D eigenvalue weighted by atomic mass is 32.1. The molecule has 0 aliphatic rings. The Bertz CT molecular complexity index is 569. The SMILES string of the molecule is CC(C)C[C@H](NC(=O)CNC(=O)c1cnc(C(C)C)s1)C(=O)O. The summed E-state index contributed by atoms with van der Waals surface area (Å²) in [5.41, 5.74) is 0. The first-order chi connectivity index (χ1) is 10.7. The third-order valence-corrected chi connectivity index (χ3v) is 4.29. The molecule has 128 valence electrons. The van der Waals surface area contributed by atoms with Crippen LogP contribution in [-0.2, 0) is 9.59 Å². The molecule has 0 spiro atoms. The van der Waals surface area contributed by atoms with Crippen molar-refractivity contribution in [1.82, 2.24) is 15.6 Å². The van der Waals surface area contributed by atoms with Crippen molar-refractivity contribution in [2.75, 3.05) is 6.54 Å². The molecular weight excluding hydrogens is 318 g/mol. The van der Waals surface area contributed by atoms with Gasteiger partial charge < -0.3 is 15.7 Å². The maximum absolute atomic E-state index is 11.9. The number of carboxylic acid groups (broad SMARTS) is 1. The predicted octanol–water partition coefficient (Wildman–Crippen LogP) is 1.61. The van der Waals surface area contributed by atoms with Gasteiger partial charge in [-0.2, -0.15) is 0 Å². The molecule has 2 amide bonds. The average molecular weight is 341 g/mol. The highest BCUT2D eigenvalue weighted by molar-refractivity contribution is 7.13. The Hall–Kier alpha value is -1.96. The molecule has 0 bridgehead atoms. The molecule has 3 N–H and O–H groups in total. The molecule has 1 aromatic heterocycles. The van der Waals surface area contributed by atoms with Crippen LogP contribution >= 0.6 is 11.3 Å². The molecule has 7 nitrogen and oxygen atoms in total. The highest BCUT2D eigenvalue weighted by Gasteiger charge is 2.21. The van der Waals surface area contributed by atoms with Gasteiger partial charge >= 0.3 is 5.97 Å². The monoisotopic (exact) mass is 341 g/mol. The summed E-state index contributed by atoms with van der Waals surface area (Å²) in [6.45, 7) is 7.44. The van der Waals surface area contributed by atoms with E-state index in [-0.39, 0.29) is 24.3 Å². The van der Waals surface area contributed by atoms with Gasteiger partial charge in [-0.15, -0.1) is 11.3 Å². The van der Waals surface area contributed by atoms with E-state index >= 15 is 0 Å². The Morgan fingerprint density at radius 1 is 1.26 bits per heavy atom. The molecule has 23 heavy (non-hydrogen) atoms. The number of nitrogens with zero attached hydrogens (tertiary/aromatic N) is 1. The van der Waals surface area contributed by atoms with Gasteiger partial charge in [-0.1, -0.05) is 27.7 Å². The Labute approximate surface area is 139 Å². The fraction of sp³-hybridized carbons (Fsp3) is 0.600. The van der Waals surface area contributed by atoms with Gasteiger partial charge in [0, 0.05) is 5.92 Å². The second-order valence-electron chi connectivity index (χ2n) is 5.99. The number of rotatable bonds is 8. The molecule has 0 aliphatic heterocycles. The van der Waals surface area contributed by atoms with Crippen molar-refractivity contribution < 1.29 is 19.5 Å². The van der Waals surface area contributed by atoms with Crippen LogP contribution in [0.5, 0.6) is 0 Å². The molecule has 0 saturated carbocycles. The summed E-state index contributed by atoms with van der Waals surface area (Å²) < 4.78 is 0. The van der Waals surface area contributed by atoms with Crippen molar-refractivity contribution in [2.45, 2.75) is 46.1 Å². The van der Waals surface area contributed by atoms with Gasteiger partial charge in [-0.05, 0) is 12.3 Å². The number of carboxylic acids is 1. The molecule has 0 saturated heterocycles. The lowest BCUT2D eigenvalue weighted by Crippen LogP contribution is -2.46. The zero-order valence-corrected chi connectivity index (χ0v) is 14.6. The number of carbonyl (C=O) groups excluding carboxylic acids is 2. The lowest BCUT2D eigenvalue weighted by atomic mass is 10.0. The zero-order valence-electron chi connectivity index (χ0n) is 13.8. The van der Waals surface area contributed by atoms with E-state index in [0.717, 1.165) is 5.01 Å². The van der Waals surface area contributed by atoms with E-state index in [9.17, 15) is 14.4 Å². The Morgan fingerprint density at radius 3 is 2.39 bits per heavy atom. The largest absolute Gasteiger partial charge is 0.480 e. The number of hydrogen-bond acceptors (Lipinski definition) is 5. The summed E-state index contributed by atoms with van der Waals surface area (Å²) in [7, 11) is 0. The van der Waals surface area contributed by atoms with Crippen LogP contribution in [0.3, 0.4) is 0 Å². The van der Waals surface area contributed by atoms with Crippen LogP contribution in [0.1, 0.15) is 54.7 Å². The number of thiazole rings is 1. The average Bonchev–Trinajstić information content (AvgIpc) is 2.93. The second-order valence-corrected chi connectivity index (χ2v) is 7.05. The second kappa shape index (κ2) is 8.61. The van der Waals surface area contributed by atoms with Crippen molar-refractivity contribution in [2.24, 2.45) is 5.92 Å². The lowest BCUT2D eigenvalue weighted by molar-refractivity contribution is -0.142. The van der Waals surface area contributed by atoms with Crippen molar-refractivity contribution in [3.8, 4) is 0 Å². The molecule has 1 aromatic rings. The third-order valence-electron chi connectivity index (χ3n) is 2.99. The van der Waals surface area contributed by atoms with Crippen LogP contribution in [-0.4, -0.2) is 40.5 Å². The summed E-state index contributed by atoms with van der Waals surface area (Å²) in [5, 5.41) is 14.8. The fourth-order valence-corrected chi connectivity index (χ4v) is 2.68. The molecule has 0 aromatic carbocycles. The minimum Gasteiger partial charge on any atom is -0.480 e. The van der Waals surface area contributed by atoms with Crippen molar-refractivity contribution in [3.63, 3.8) is 0 Å². The minimum absolute atomic E-state index is 0.137. The third kappa shape index (κ3) is 6.35. The Morgan fingerprint density at radius 2 is 1.91 bits per heavy atom. The predicted molar refractivity (Wildman–Crippen MR) is 87.6 cm³/mol. The standard InChI is InChI=1S/C15H23N3O4S/c1-8(2)5-10(15(21)22)18-12(19)7-16-13(20)11-6-17-14(23-11)9(3)4/h6,8-10H,5,7H2,1-4H3,(H,16,20)(H,18,19)(H,21,22)/t10-/m0/s1. The summed E-state index contributed by atoms with van der Waals surface area (Å²) in [6.07, 6.45) is 1.81. The zero-order chi connectivity index (χ0) is 17.6. The number of hydrogen-bond donors (Lipinski definition) is 3. The van der Waals surface area contributed by atoms with E-state index < -0.39 is 17.9 Å². The number of aliphatic carboxylic acids is 1. The number of amides is 2. The maximum atomic E-state index is 11.9. The molecule has 1 atom stereocenters. The first kappa shape index (κ1) is 19.1. The smallest absolute Gasteiger partial charge is 0.326 e.